The van der Waals surface area contributed by atoms with Gasteiger partial charge in [0.2, 0.25) is 0 Å². The fraction of sp³-hybridized carbons (Fsp3) is 0.385. The zero-order chi connectivity index (χ0) is 26.4. The van der Waals surface area contributed by atoms with E-state index in [9.17, 15) is 9.59 Å². The molecule has 0 radical (unpaired) electrons. The molecule has 0 amide bonds. The second-order valence-electron chi connectivity index (χ2n) is 8.08. The SMILES string of the molecule is CCOC(=O)[C@@H](C)Oc1c(Cl)cc(C=Nn2c([C@H](C)CC)nc3ccc(Br)cc3c2=O)cc1OCC. The Hall–Kier alpha value is -2.91. The standard InChI is InChI=1S/C26H29BrClN3O5/c1-6-15(4)24-30-21-10-9-18(27)13-19(21)25(32)31(24)29-14-17-11-20(28)23(22(12-17)34-7-2)36-16(5)26(33)35-8-3/h9-16H,6-8H2,1-5H3/t15-,16-/m1/s1. The first-order valence-corrected chi connectivity index (χ1v) is 12.9. The minimum atomic E-state index is -0.874. The molecular weight excluding hydrogens is 550 g/mol. The van der Waals surface area contributed by atoms with Crippen molar-refractivity contribution < 1.29 is 19.0 Å². The highest BCUT2D eigenvalue weighted by Crippen LogP contribution is 2.37. The summed E-state index contributed by atoms with van der Waals surface area (Å²) in [5, 5.41) is 5.17. The van der Waals surface area contributed by atoms with Gasteiger partial charge in [0.25, 0.3) is 5.56 Å². The van der Waals surface area contributed by atoms with Crippen LogP contribution in [0.4, 0.5) is 0 Å². The molecule has 0 unspecified atom stereocenters. The molecule has 0 aliphatic rings. The van der Waals surface area contributed by atoms with E-state index in [1.807, 2.05) is 32.9 Å². The summed E-state index contributed by atoms with van der Waals surface area (Å²) in [5.74, 6) is 0.635. The molecule has 192 valence electrons. The van der Waals surface area contributed by atoms with Crippen LogP contribution in [0.1, 0.15) is 58.3 Å². The van der Waals surface area contributed by atoms with Crippen molar-refractivity contribution in [1.29, 1.82) is 0 Å². The van der Waals surface area contributed by atoms with Crippen LogP contribution >= 0.6 is 27.5 Å². The van der Waals surface area contributed by atoms with Crippen molar-refractivity contribution in [3.63, 3.8) is 0 Å². The van der Waals surface area contributed by atoms with E-state index in [0.717, 1.165) is 10.9 Å². The first-order valence-electron chi connectivity index (χ1n) is 11.8. The van der Waals surface area contributed by atoms with Gasteiger partial charge in [-0.1, -0.05) is 41.4 Å². The number of ether oxygens (including phenoxy) is 3. The number of fused-ring (bicyclic) bond motifs is 1. The van der Waals surface area contributed by atoms with E-state index in [1.54, 1.807) is 32.0 Å². The maximum atomic E-state index is 13.3. The molecule has 36 heavy (non-hydrogen) atoms. The van der Waals surface area contributed by atoms with Crippen molar-refractivity contribution in [2.45, 2.75) is 53.1 Å². The topological polar surface area (TPSA) is 92.0 Å². The maximum Gasteiger partial charge on any atom is 0.347 e. The lowest BCUT2D eigenvalue weighted by Crippen LogP contribution is -2.26. The van der Waals surface area contributed by atoms with Gasteiger partial charge in [0.05, 0.1) is 35.4 Å². The fourth-order valence-electron chi connectivity index (χ4n) is 3.43. The number of carbonyl (C=O) groups is 1. The van der Waals surface area contributed by atoms with Gasteiger partial charge >= 0.3 is 5.97 Å². The normalized spacial score (nSPS) is 13.1. The van der Waals surface area contributed by atoms with Crippen LogP contribution in [-0.2, 0) is 9.53 Å². The van der Waals surface area contributed by atoms with E-state index in [4.69, 9.17) is 30.8 Å². The predicted octanol–water partition coefficient (Wildman–Crippen LogP) is 5.94. The van der Waals surface area contributed by atoms with Crippen LogP contribution in [0.15, 0.2) is 44.7 Å². The first kappa shape index (κ1) is 27.7. The van der Waals surface area contributed by atoms with Crippen LogP contribution in [0.5, 0.6) is 11.5 Å². The number of hydrogen-bond acceptors (Lipinski definition) is 7. The molecule has 2 aromatic carbocycles. The van der Waals surface area contributed by atoms with Crippen LogP contribution in [0.2, 0.25) is 5.02 Å². The molecule has 2 atom stereocenters. The van der Waals surface area contributed by atoms with E-state index < -0.39 is 12.1 Å². The van der Waals surface area contributed by atoms with Gasteiger partial charge in [-0.25, -0.2) is 9.78 Å². The Balaban J connectivity index is 2.06. The summed E-state index contributed by atoms with van der Waals surface area (Å²) >= 11 is 9.92. The summed E-state index contributed by atoms with van der Waals surface area (Å²) in [6.45, 7) is 9.74. The quantitative estimate of drug-likeness (QED) is 0.218. The molecular formula is C26H29BrClN3O5. The predicted molar refractivity (Wildman–Crippen MR) is 145 cm³/mol. The van der Waals surface area contributed by atoms with Gasteiger partial charge in [-0.3, -0.25) is 4.79 Å². The van der Waals surface area contributed by atoms with Crippen molar-refractivity contribution in [3.05, 3.63) is 61.6 Å². The van der Waals surface area contributed by atoms with Gasteiger partial charge in [-0.15, -0.1) is 0 Å². The summed E-state index contributed by atoms with van der Waals surface area (Å²) in [6, 6.07) is 8.71. The van der Waals surface area contributed by atoms with E-state index in [-0.39, 0.29) is 28.9 Å². The minimum Gasteiger partial charge on any atom is -0.490 e. The number of carbonyl (C=O) groups excluding carboxylic acids is 1. The zero-order valence-corrected chi connectivity index (χ0v) is 23.2. The zero-order valence-electron chi connectivity index (χ0n) is 20.9. The van der Waals surface area contributed by atoms with Crippen LogP contribution in [-0.4, -0.2) is 41.2 Å². The van der Waals surface area contributed by atoms with Crippen LogP contribution in [0.25, 0.3) is 10.9 Å². The Kier molecular flexibility index (Phi) is 9.50. The Bertz CT molecular complexity index is 1340. The van der Waals surface area contributed by atoms with E-state index >= 15 is 0 Å². The largest absolute Gasteiger partial charge is 0.490 e. The molecule has 0 aliphatic heterocycles. The number of rotatable bonds is 10. The number of aromatic nitrogens is 2. The third-order valence-corrected chi connectivity index (χ3v) is 6.23. The van der Waals surface area contributed by atoms with Gasteiger partial charge in [-0.2, -0.15) is 9.78 Å². The molecule has 3 aromatic rings. The molecule has 0 fully saturated rings. The Morgan fingerprint density at radius 2 is 1.94 bits per heavy atom. The lowest BCUT2D eigenvalue weighted by Gasteiger charge is -2.18. The third kappa shape index (κ3) is 6.25. The highest BCUT2D eigenvalue weighted by atomic mass is 79.9. The van der Waals surface area contributed by atoms with Gasteiger partial charge in [0.15, 0.2) is 17.6 Å². The molecule has 0 spiro atoms. The average Bonchev–Trinajstić information content (AvgIpc) is 2.85. The van der Waals surface area contributed by atoms with Gasteiger partial charge in [0.1, 0.15) is 5.82 Å². The van der Waals surface area contributed by atoms with E-state index in [1.165, 1.54) is 10.9 Å². The lowest BCUT2D eigenvalue weighted by atomic mass is 10.1. The smallest absolute Gasteiger partial charge is 0.347 e. The third-order valence-electron chi connectivity index (χ3n) is 5.45. The van der Waals surface area contributed by atoms with Gasteiger partial charge in [0, 0.05) is 10.4 Å². The monoisotopic (exact) mass is 577 g/mol. The second kappa shape index (κ2) is 12.4. The van der Waals surface area contributed by atoms with Gasteiger partial charge < -0.3 is 14.2 Å². The molecule has 0 bridgehead atoms. The maximum absolute atomic E-state index is 13.3. The lowest BCUT2D eigenvalue weighted by molar-refractivity contribution is -0.150. The number of hydrogen-bond donors (Lipinski definition) is 0. The number of benzene rings is 2. The van der Waals surface area contributed by atoms with E-state index in [0.29, 0.717) is 34.6 Å². The summed E-state index contributed by atoms with van der Waals surface area (Å²) in [7, 11) is 0. The molecule has 1 heterocycles. The van der Waals surface area contributed by atoms with Crippen molar-refractivity contribution in [2.24, 2.45) is 5.10 Å². The van der Waals surface area contributed by atoms with Gasteiger partial charge in [-0.05, 0) is 63.1 Å². The van der Waals surface area contributed by atoms with Crippen LogP contribution in [0.3, 0.4) is 0 Å². The molecule has 8 nitrogen and oxygen atoms in total. The molecule has 0 saturated heterocycles. The molecule has 0 aliphatic carbocycles. The van der Waals surface area contributed by atoms with Crippen molar-refractivity contribution in [2.75, 3.05) is 13.2 Å². The Labute approximate surface area is 223 Å². The second-order valence-corrected chi connectivity index (χ2v) is 9.40. The fourth-order valence-corrected chi connectivity index (χ4v) is 4.05. The molecule has 1 aromatic heterocycles. The molecule has 0 N–H and O–H groups in total. The summed E-state index contributed by atoms with van der Waals surface area (Å²) in [5.41, 5.74) is 0.923. The van der Waals surface area contributed by atoms with Crippen molar-refractivity contribution >= 4 is 50.6 Å². The Morgan fingerprint density at radius 1 is 1.19 bits per heavy atom. The number of halogens is 2. The van der Waals surface area contributed by atoms with Crippen molar-refractivity contribution in [1.82, 2.24) is 9.66 Å². The summed E-state index contributed by atoms with van der Waals surface area (Å²) in [4.78, 5) is 30.1. The number of esters is 1. The van der Waals surface area contributed by atoms with Crippen LogP contribution < -0.4 is 15.0 Å². The molecule has 0 saturated carbocycles. The molecule has 3 rings (SSSR count). The highest BCUT2D eigenvalue weighted by molar-refractivity contribution is 9.10. The first-order chi connectivity index (χ1) is 17.2. The van der Waals surface area contributed by atoms with E-state index in [2.05, 4.69) is 21.0 Å². The van der Waals surface area contributed by atoms with Crippen molar-refractivity contribution in [3.8, 4) is 11.5 Å². The highest BCUT2D eigenvalue weighted by Gasteiger charge is 2.21. The summed E-state index contributed by atoms with van der Waals surface area (Å²) < 4.78 is 18.6. The summed E-state index contributed by atoms with van der Waals surface area (Å²) in [6.07, 6.45) is 1.43. The average molecular weight is 579 g/mol. The number of nitrogens with zero attached hydrogens (tertiary/aromatic N) is 3. The Morgan fingerprint density at radius 3 is 2.61 bits per heavy atom. The minimum absolute atomic E-state index is 0.00520. The van der Waals surface area contributed by atoms with Crippen LogP contribution in [0, 0.1) is 0 Å². The molecule has 10 heteroatoms.